The van der Waals surface area contributed by atoms with E-state index in [1.807, 2.05) is 32.0 Å². The fourth-order valence-electron chi connectivity index (χ4n) is 4.17. The first-order valence-corrected chi connectivity index (χ1v) is 13.9. The van der Waals surface area contributed by atoms with Crippen LogP contribution in [0.15, 0.2) is 42.5 Å². The van der Waals surface area contributed by atoms with E-state index in [-0.39, 0.29) is 11.7 Å². The summed E-state index contributed by atoms with van der Waals surface area (Å²) in [5.41, 5.74) is 3.06. The highest BCUT2D eigenvalue weighted by Gasteiger charge is 2.36. The Labute approximate surface area is 238 Å². The molecule has 0 aliphatic heterocycles. The summed E-state index contributed by atoms with van der Waals surface area (Å²) in [6.07, 6.45) is 7.32. The van der Waals surface area contributed by atoms with Crippen molar-refractivity contribution in [3.8, 4) is 12.3 Å². The Morgan fingerprint density at radius 2 is 1.67 bits per heavy atom. The lowest BCUT2D eigenvalue weighted by molar-refractivity contribution is -0.140. The Bertz CT molecular complexity index is 1160. The lowest BCUT2D eigenvalue weighted by Crippen LogP contribution is -2.53. The van der Waals surface area contributed by atoms with Crippen LogP contribution in [0.4, 0.5) is 10.5 Å². The minimum atomic E-state index is -0.995. The number of amides is 3. The third kappa shape index (κ3) is 9.36. The van der Waals surface area contributed by atoms with Crippen molar-refractivity contribution in [2.75, 3.05) is 17.6 Å². The molecule has 3 amide bonds. The predicted molar refractivity (Wildman–Crippen MR) is 160 cm³/mol. The molecule has 210 valence electrons. The number of para-hydroxylation sites is 1. The quantitative estimate of drug-likeness (QED) is 0.187. The monoisotopic (exact) mass is 551 g/mol. The molecule has 0 heterocycles. The largest absolute Gasteiger partial charge is 0.444 e. The molecule has 7 nitrogen and oxygen atoms in total. The zero-order valence-corrected chi connectivity index (χ0v) is 24.7. The molecule has 0 spiro atoms. The average Bonchev–Trinajstić information content (AvgIpc) is 2.87. The van der Waals surface area contributed by atoms with Crippen molar-refractivity contribution in [1.82, 2.24) is 10.2 Å². The van der Waals surface area contributed by atoms with E-state index in [0.29, 0.717) is 29.8 Å². The molecule has 2 rings (SSSR count). The van der Waals surface area contributed by atoms with Crippen molar-refractivity contribution < 1.29 is 19.1 Å². The average molecular weight is 552 g/mol. The van der Waals surface area contributed by atoms with Crippen LogP contribution in [0.3, 0.4) is 0 Å². The van der Waals surface area contributed by atoms with Crippen LogP contribution in [0.5, 0.6) is 0 Å². The van der Waals surface area contributed by atoms with Gasteiger partial charge in [0.2, 0.25) is 5.91 Å². The van der Waals surface area contributed by atoms with E-state index in [9.17, 15) is 14.4 Å². The zero-order valence-electron chi connectivity index (χ0n) is 23.8. The molecule has 2 unspecified atom stereocenters. The number of alkyl carbamates (subject to hydrolysis) is 1. The molecule has 8 heteroatoms. The molecule has 2 atom stereocenters. The van der Waals surface area contributed by atoms with Crippen molar-refractivity contribution in [3.63, 3.8) is 0 Å². The second-order valence-electron chi connectivity index (χ2n) is 10.5. The molecule has 2 aromatic rings. The highest BCUT2D eigenvalue weighted by Crippen LogP contribution is 2.28. The second-order valence-corrected chi connectivity index (χ2v) is 10.9. The number of terminal acetylenes is 1. The molecule has 39 heavy (non-hydrogen) atoms. The Balaban J connectivity index is 2.54. The number of benzene rings is 2. The number of nitrogens with one attached hydrogen (secondary N) is 2. The fourth-order valence-corrected chi connectivity index (χ4v) is 4.42. The van der Waals surface area contributed by atoms with E-state index in [0.717, 1.165) is 24.0 Å². The Hall–Kier alpha value is -3.44. The van der Waals surface area contributed by atoms with Crippen LogP contribution in [-0.4, -0.2) is 46.7 Å². The van der Waals surface area contributed by atoms with Crippen molar-refractivity contribution in [3.05, 3.63) is 64.7 Å². The lowest BCUT2D eigenvalue weighted by atomic mass is 10.00. The Morgan fingerprint density at radius 1 is 1.05 bits per heavy atom. The van der Waals surface area contributed by atoms with Crippen LogP contribution in [0.1, 0.15) is 75.3 Å². The van der Waals surface area contributed by atoms with Crippen LogP contribution in [0, 0.1) is 26.2 Å². The van der Waals surface area contributed by atoms with Crippen molar-refractivity contribution in [2.24, 2.45) is 0 Å². The number of rotatable bonds is 11. The van der Waals surface area contributed by atoms with Crippen molar-refractivity contribution in [2.45, 2.75) is 78.5 Å². The highest BCUT2D eigenvalue weighted by atomic mass is 32.1. The number of thiol groups is 1. The van der Waals surface area contributed by atoms with Gasteiger partial charge in [0.1, 0.15) is 17.7 Å². The van der Waals surface area contributed by atoms with Gasteiger partial charge in [0.05, 0.1) is 0 Å². The summed E-state index contributed by atoms with van der Waals surface area (Å²) in [4.78, 5) is 42.1. The van der Waals surface area contributed by atoms with E-state index in [4.69, 9.17) is 11.2 Å². The summed E-state index contributed by atoms with van der Waals surface area (Å²) in [6, 6.07) is 10.8. The highest BCUT2D eigenvalue weighted by molar-refractivity contribution is 7.80. The molecule has 0 radical (unpaired) electrons. The number of anilines is 1. The number of ether oxygens (including phenoxy) is 1. The number of hydrogen-bond acceptors (Lipinski definition) is 5. The standard InChI is InChI=1S/C31H41N3O4S/c1-8-10-11-19-34(29(36)25(20-39)32-30(37)38-31(5,6)7)27(24-17-15-23(9-2)16-18-24)28(35)33-26-21(3)13-12-14-22(26)4/h2,12-18,25,27,39H,8,10-11,19-20H2,1,3-7H3,(H,32,37)(H,33,35). The number of nitrogens with zero attached hydrogens (tertiary/aromatic N) is 1. The second kappa shape index (κ2) is 14.6. The van der Waals surface area contributed by atoms with Gasteiger partial charge in [-0.05, 0) is 69.9 Å². The number of aryl methyl sites for hydroxylation is 2. The normalized spacial score (nSPS) is 12.6. The van der Waals surface area contributed by atoms with E-state index in [2.05, 4.69) is 36.1 Å². The minimum Gasteiger partial charge on any atom is -0.444 e. The van der Waals surface area contributed by atoms with Gasteiger partial charge < -0.3 is 20.3 Å². The molecule has 0 bridgehead atoms. The number of carbonyl (C=O) groups is 3. The van der Waals surface area contributed by atoms with Crippen LogP contribution in [0.25, 0.3) is 0 Å². The molecule has 0 saturated carbocycles. The minimum absolute atomic E-state index is 0.0314. The van der Waals surface area contributed by atoms with Crippen LogP contribution in [0.2, 0.25) is 0 Å². The van der Waals surface area contributed by atoms with Crippen LogP contribution >= 0.6 is 12.6 Å². The molecule has 2 N–H and O–H groups in total. The smallest absolute Gasteiger partial charge is 0.408 e. The molecular weight excluding hydrogens is 510 g/mol. The lowest BCUT2D eigenvalue weighted by Gasteiger charge is -2.34. The van der Waals surface area contributed by atoms with Crippen LogP contribution < -0.4 is 10.6 Å². The Morgan fingerprint density at radius 3 is 2.18 bits per heavy atom. The summed E-state index contributed by atoms with van der Waals surface area (Å²) in [5.74, 6) is 1.84. The summed E-state index contributed by atoms with van der Waals surface area (Å²) >= 11 is 4.35. The van der Waals surface area contributed by atoms with Crippen LogP contribution in [-0.2, 0) is 14.3 Å². The first kappa shape index (κ1) is 31.8. The van der Waals surface area contributed by atoms with Gasteiger partial charge in [-0.3, -0.25) is 9.59 Å². The SMILES string of the molecule is C#Cc1ccc(C(C(=O)Nc2c(C)cccc2C)N(CCCCC)C(=O)C(CS)NC(=O)OC(C)(C)C)cc1. The van der Waals surface area contributed by atoms with E-state index in [1.165, 1.54) is 4.90 Å². The third-order valence-corrected chi connectivity index (χ3v) is 6.50. The molecular formula is C31H41N3O4S. The van der Waals surface area contributed by atoms with Gasteiger partial charge >= 0.3 is 6.09 Å². The maximum atomic E-state index is 14.0. The fraction of sp³-hybridized carbons (Fsp3) is 0.452. The van der Waals surface area contributed by atoms with Crippen molar-refractivity contribution in [1.29, 1.82) is 0 Å². The molecule has 0 aliphatic rings. The zero-order chi connectivity index (χ0) is 29.2. The Kier molecular flexibility index (Phi) is 11.9. The maximum Gasteiger partial charge on any atom is 0.408 e. The van der Waals surface area contributed by atoms with Crippen molar-refractivity contribution >= 4 is 36.2 Å². The molecule has 0 aliphatic carbocycles. The molecule has 0 aromatic heterocycles. The van der Waals surface area contributed by atoms with Gasteiger partial charge in [-0.2, -0.15) is 12.6 Å². The van der Waals surface area contributed by atoms with Gasteiger partial charge in [-0.15, -0.1) is 6.42 Å². The third-order valence-electron chi connectivity index (χ3n) is 6.14. The number of hydrogen-bond donors (Lipinski definition) is 3. The van der Waals surface area contributed by atoms with E-state index >= 15 is 0 Å². The van der Waals surface area contributed by atoms with Gasteiger partial charge in [-0.25, -0.2) is 4.79 Å². The molecule has 0 saturated heterocycles. The maximum absolute atomic E-state index is 14.0. The van der Waals surface area contributed by atoms with Gasteiger partial charge in [0.25, 0.3) is 5.91 Å². The van der Waals surface area contributed by atoms with E-state index in [1.54, 1.807) is 45.0 Å². The molecule has 2 aromatic carbocycles. The van der Waals surface area contributed by atoms with E-state index < -0.39 is 29.7 Å². The summed E-state index contributed by atoms with van der Waals surface area (Å²) in [5, 5.41) is 5.69. The van der Waals surface area contributed by atoms with Gasteiger partial charge in [0, 0.05) is 23.5 Å². The summed E-state index contributed by atoms with van der Waals surface area (Å²) in [6.45, 7) is 11.5. The topological polar surface area (TPSA) is 87.7 Å². The first-order valence-electron chi connectivity index (χ1n) is 13.3. The summed E-state index contributed by atoms with van der Waals surface area (Å²) in [7, 11) is 0. The summed E-state index contributed by atoms with van der Waals surface area (Å²) < 4.78 is 5.37. The van der Waals surface area contributed by atoms with Gasteiger partial charge in [0.15, 0.2) is 0 Å². The first-order chi connectivity index (χ1) is 18.4. The number of unbranched alkanes of at least 4 members (excludes halogenated alkanes) is 2. The molecule has 0 fully saturated rings. The predicted octanol–water partition coefficient (Wildman–Crippen LogP) is 5.81. The number of carbonyl (C=O) groups excluding carboxylic acids is 3. The van der Waals surface area contributed by atoms with Gasteiger partial charge in [-0.1, -0.05) is 56.0 Å².